The minimum absolute atomic E-state index is 0.0328. The molecule has 226 valence electrons. The number of rotatable bonds is 12. The molecule has 0 aliphatic heterocycles. The normalized spacial score (nSPS) is 14.0. The molecule has 0 spiro atoms. The van der Waals surface area contributed by atoms with E-state index in [1.54, 1.807) is 16.8 Å². The summed E-state index contributed by atoms with van der Waals surface area (Å²) in [7, 11) is 0. The van der Waals surface area contributed by atoms with Gasteiger partial charge in [-0.25, -0.2) is 4.39 Å². The predicted octanol–water partition coefficient (Wildman–Crippen LogP) is 5.60. The van der Waals surface area contributed by atoms with E-state index >= 15 is 0 Å². The Labute approximate surface area is 243 Å². The highest BCUT2D eigenvalue weighted by atomic mass is 32.1. The number of benzene rings is 1. The van der Waals surface area contributed by atoms with Gasteiger partial charge in [-0.15, -0.1) is 23.4 Å². The molecule has 0 radical (unpaired) electrons. The van der Waals surface area contributed by atoms with Crippen molar-refractivity contribution in [3.8, 4) is 5.75 Å². The summed E-state index contributed by atoms with van der Waals surface area (Å²) in [6, 6.07) is 5.66. The van der Waals surface area contributed by atoms with Crippen LogP contribution < -0.4 is 20.9 Å². The van der Waals surface area contributed by atoms with Crippen molar-refractivity contribution in [2.45, 2.75) is 77.2 Å². The van der Waals surface area contributed by atoms with Gasteiger partial charge in [0.1, 0.15) is 16.6 Å². The molecule has 2 amide bonds. The monoisotopic (exact) mass is 609 g/mol. The maximum Gasteiger partial charge on any atom is 0.573 e. The summed E-state index contributed by atoms with van der Waals surface area (Å²) in [4.78, 5) is 37.2. The highest BCUT2D eigenvalue weighted by Gasteiger charge is 2.31. The third kappa shape index (κ3) is 9.64. The number of nitrogens with zero attached hydrogens (tertiary/aromatic N) is 3. The molecular weight excluding hydrogens is 578 g/mol. The number of hydrogen-bond donors (Lipinski definition) is 2. The van der Waals surface area contributed by atoms with Gasteiger partial charge in [-0.2, -0.15) is 0 Å². The summed E-state index contributed by atoms with van der Waals surface area (Å²) in [5.74, 6) is -1.69. The lowest BCUT2D eigenvalue weighted by Crippen LogP contribution is -2.23. The molecule has 4 rings (SSSR count). The number of amides is 2. The number of nitrogens with one attached hydrogen (secondary N) is 2. The first-order chi connectivity index (χ1) is 20.1. The predicted molar refractivity (Wildman–Crippen MR) is 148 cm³/mol. The van der Waals surface area contributed by atoms with Gasteiger partial charge in [0.25, 0.3) is 11.5 Å². The molecule has 0 bridgehead atoms. The van der Waals surface area contributed by atoms with E-state index in [0.29, 0.717) is 48.8 Å². The number of alkyl halides is 3. The summed E-state index contributed by atoms with van der Waals surface area (Å²) in [6.07, 6.45) is 4.75. The first kappa shape index (κ1) is 31.1. The van der Waals surface area contributed by atoms with Gasteiger partial charge in [0.05, 0.1) is 0 Å². The summed E-state index contributed by atoms with van der Waals surface area (Å²) in [5.41, 5.74) is 0.0917. The molecule has 1 aliphatic carbocycles. The fraction of sp³-hybridized carbons (Fsp3) is 0.464. The van der Waals surface area contributed by atoms with E-state index in [0.717, 1.165) is 55.2 Å². The van der Waals surface area contributed by atoms with Crippen LogP contribution in [-0.4, -0.2) is 32.9 Å². The molecule has 1 aliphatic rings. The van der Waals surface area contributed by atoms with Crippen molar-refractivity contribution >= 4 is 28.8 Å². The lowest BCUT2D eigenvalue weighted by atomic mass is 9.87. The first-order valence-corrected chi connectivity index (χ1v) is 14.5. The minimum atomic E-state index is -4.92. The van der Waals surface area contributed by atoms with Crippen LogP contribution in [0.1, 0.15) is 71.7 Å². The van der Waals surface area contributed by atoms with Gasteiger partial charge in [-0.3, -0.25) is 14.4 Å². The van der Waals surface area contributed by atoms with E-state index in [-0.39, 0.29) is 28.6 Å². The summed E-state index contributed by atoms with van der Waals surface area (Å²) >= 11 is 1.05. The highest BCUT2D eigenvalue weighted by molar-refractivity contribution is 7.13. The number of carbonyl (C=O) groups is 2. The maximum absolute atomic E-state index is 14.0. The van der Waals surface area contributed by atoms with Gasteiger partial charge in [0, 0.05) is 49.4 Å². The number of anilines is 1. The van der Waals surface area contributed by atoms with Crippen molar-refractivity contribution < 1.29 is 31.9 Å². The Hall–Kier alpha value is -3.81. The van der Waals surface area contributed by atoms with Crippen LogP contribution in [0.4, 0.5) is 23.2 Å². The van der Waals surface area contributed by atoms with Crippen molar-refractivity contribution in [3.63, 3.8) is 0 Å². The standard InChI is InChI=1S/C28H31F4N5O4S/c29-22-10-9-21(41-28(30,31)32)15-19(22)17-33-26(40)27-36-35-24(42-27)8-4-5-12-37-13-11-20(16-25(37)39)34-23(38)14-18-6-2-1-3-7-18/h9-11,13,15-16,18H,1-8,12,14,17H2,(H,33,40)(H,34,38). The number of pyridine rings is 1. The molecule has 1 aromatic carbocycles. The number of ether oxygens (including phenoxy) is 1. The van der Waals surface area contributed by atoms with Crippen molar-refractivity contribution in [3.05, 3.63) is 68.3 Å². The Kier molecular flexibility index (Phi) is 10.7. The fourth-order valence-corrected chi connectivity index (χ4v) is 5.57. The molecule has 1 saturated carbocycles. The van der Waals surface area contributed by atoms with Gasteiger partial charge < -0.3 is 19.9 Å². The molecule has 3 aromatic rings. The van der Waals surface area contributed by atoms with Crippen LogP contribution in [0.25, 0.3) is 0 Å². The number of unbranched alkanes of at least 4 members (excludes halogenated alkanes) is 1. The first-order valence-electron chi connectivity index (χ1n) is 13.7. The second kappa shape index (κ2) is 14.4. The van der Waals surface area contributed by atoms with Crippen LogP contribution in [0, 0.1) is 11.7 Å². The zero-order chi connectivity index (χ0) is 30.1. The Morgan fingerprint density at radius 1 is 1.07 bits per heavy atom. The van der Waals surface area contributed by atoms with E-state index in [1.165, 1.54) is 12.5 Å². The molecule has 0 atom stereocenters. The van der Waals surface area contributed by atoms with E-state index in [4.69, 9.17) is 0 Å². The lowest BCUT2D eigenvalue weighted by molar-refractivity contribution is -0.274. The topological polar surface area (TPSA) is 115 Å². The van der Waals surface area contributed by atoms with Crippen LogP contribution in [0.5, 0.6) is 5.75 Å². The Bertz CT molecular complexity index is 1440. The number of hydrogen-bond acceptors (Lipinski definition) is 7. The third-order valence-electron chi connectivity index (χ3n) is 6.87. The zero-order valence-corrected chi connectivity index (χ0v) is 23.5. The van der Waals surface area contributed by atoms with Crippen molar-refractivity contribution in [2.75, 3.05) is 5.32 Å². The number of aromatic nitrogens is 3. The summed E-state index contributed by atoms with van der Waals surface area (Å²) in [6.45, 7) is 0.0936. The maximum atomic E-state index is 14.0. The molecule has 1 fully saturated rings. The van der Waals surface area contributed by atoms with Crippen LogP contribution >= 0.6 is 11.3 Å². The Balaban J connectivity index is 1.19. The summed E-state index contributed by atoms with van der Waals surface area (Å²) in [5, 5.41) is 13.7. The van der Waals surface area contributed by atoms with Crippen LogP contribution in [0.3, 0.4) is 0 Å². The van der Waals surface area contributed by atoms with Crippen LogP contribution in [-0.2, 0) is 24.3 Å². The SMILES string of the molecule is O=C(CC1CCCCC1)Nc1ccn(CCCCc2nnc(C(=O)NCc3cc(OC(F)(F)F)ccc3F)s2)c(=O)c1. The van der Waals surface area contributed by atoms with Gasteiger partial charge >= 0.3 is 6.36 Å². The summed E-state index contributed by atoms with van der Waals surface area (Å²) < 4.78 is 56.6. The van der Waals surface area contributed by atoms with E-state index in [9.17, 15) is 31.9 Å². The minimum Gasteiger partial charge on any atom is -0.406 e. The van der Waals surface area contributed by atoms with Crippen molar-refractivity contribution in [1.29, 1.82) is 0 Å². The number of carbonyl (C=O) groups excluding carboxylic acids is 2. The van der Waals surface area contributed by atoms with Gasteiger partial charge in [0.15, 0.2) is 0 Å². The Morgan fingerprint density at radius 3 is 2.60 bits per heavy atom. The van der Waals surface area contributed by atoms with Crippen LogP contribution in [0.2, 0.25) is 0 Å². The largest absolute Gasteiger partial charge is 0.573 e. The molecule has 0 saturated heterocycles. The fourth-order valence-electron chi connectivity index (χ4n) is 4.78. The highest BCUT2D eigenvalue weighted by Crippen LogP contribution is 2.27. The van der Waals surface area contributed by atoms with E-state index in [1.807, 2.05) is 0 Å². The van der Waals surface area contributed by atoms with Gasteiger partial charge in [-0.05, 0) is 55.9 Å². The van der Waals surface area contributed by atoms with Crippen molar-refractivity contribution in [2.24, 2.45) is 5.92 Å². The van der Waals surface area contributed by atoms with Gasteiger partial charge in [-0.1, -0.05) is 30.6 Å². The number of halogens is 4. The zero-order valence-electron chi connectivity index (χ0n) is 22.7. The average molecular weight is 610 g/mol. The molecule has 2 aromatic heterocycles. The molecular formula is C28H31F4N5O4S. The molecule has 9 nitrogen and oxygen atoms in total. The molecule has 14 heteroatoms. The second-order valence-corrected chi connectivity index (χ2v) is 11.2. The van der Waals surface area contributed by atoms with E-state index in [2.05, 4.69) is 25.6 Å². The average Bonchev–Trinajstić information content (AvgIpc) is 3.41. The molecule has 0 unspecified atom stereocenters. The lowest BCUT2D eigenvalue weighted by Gasteiger charge is -2.20. The molecule has 2 heterocycles. The molecule has 2 N–H and O–H groups in total. The van der Waals surface area contributed by atoms with Crippen molar-refractivity contribution in [1.82, 2.24) is 20.1 Å². The number of aryl methyl sites for hydroxylation is 2. The quantitative estimate of drug-likeness (QED) is 0.204. The third-order valence-corrected chi connectivity index (χ3v) is 7.85. The van der Waals surface area contributed by atoms with E-state index < -0.39 is 23.8 Å². The van der Waals surface area contributed by atoms with Gasteiger partial charge in [0.2, 0.25) is 10.9 Å². The smallest absolute Gasteiger partial charge is 0.406 e. The second-order valence-electron chi connectivity index (χ2n) is 10.1. The van der Waals surface area contributed by atoms with Crippen LogP contribution in [0.15, 0.2) is 41.3 Å². The Morgan fingerprint density at radius 2 is 1.86 bits per heavy atom. The molecule has 42 heavy (non-hydrogen) atoms.